The van der Waals surface area contributed by atoms with Crippen LogP contribution in [0, 0.1) is 5.82 Å². The number of benzene rings is 1. The predicted octanol–water partition coefficient (Wildman–Crippen LogP) is 2.47. The predicted molar refractivity (Wildman–Crippen MR) is 70.8 cm³/mol. The molecule has 3 rings (SSSR count). The van der Waals surface area contributed by atoms with Crippen LogP contribution in [0.5, 0.6) is 0 Å². The average molecular weight is 279 g/mol. The summed E-state index contributed by atoms with van der Waals surface area (Å²) in [6, 6.07) is 4.30. The summed E-state index contributed by atoms with van der Waals surface area (Å²) in [6.07, 6.45) is 1.53. The lowest BCUT2D eigenvalue weighted by Crippen LogP contribution is -2.01. The monoisotopic (exact) mass is 278 g/mol. The summed E-state index contributed by atoms with van der Waals surface area (Å²) in [6.45, 7) is 0. The lowest BCUT2D eigenvalue weighted by Gasteiger charge is -2.08. The average Bonchev–Trinajstić information content (AvgIpc) is 2.80. The molecule has 0 radical (unpaired) electrons. The van der Waals surface area contributed by atoms with Gasteiger partial charge in [0.15, 0.2) is 5.65 Å². The molecule has 6 nitrogen and oxygen atoms in total. The molecule has 96 valence electrons. The number of halogens is 2. The third-order valence-corrected chi connectivity index (χ3v) is 2.75. The Hall–Kier alpha value is -2.41. The van der Waals surface area contributed by atoms with Crippen LogP contribution in [0.3, 0.4) is 0 Å². The molecule has 0 unspecified atom stereocenters. The number of hydrogen-bond acceptors (Lipinski definition) is 5. The maximum Gasteiger partial charge on any atom is 0.224 e. The molecule has 0 saturated heterocycles. The van der Waals surface area contributed by atoms with Gasteiger partial charge >= 0.3 is 0 Å². The molecule has 4 N–H and O–H groups in total. The molecule has 8 heteroatoms. The number of nitrogens with zero attached hydrogens (tertiary/aromatic N) is 3. The Morgan fingerprint density at radius 2 is 2.16 bits per heavy atom. The van der Waals surface area contributed by atoms with Crippen molar-refractivity contribution < 1.29 is 4.39 Å². The Balaban J connectivity index is 2.07. The van der Waals surface area contributed by atoms with Crippen LogP contribution in [0.15, 0.2) is 24.4 Å². The van der Waals surface area contributed by atoms with Gasteiger partial charge in [-0.3, -0.25) is 5.10 Å². The minimum atomic E-state index is -0.485. The summed E-state index contributed by atoms with van der Waals surface area (Å²) in [5, 5.41) is 10.3. The maximum absolute atomic E-state index is 13.7. The van der Waals surface area contributed by atoms with E-state index in [1.807, 2.05) is 0 Å². The first-order valence-electron chi connectivity index (χ1n) is 5.32. The Kier molecular flexibility index (Phi) is 2.68. The van der Waals surface area contributed by atoms with Crippen LogP contribution >= 0.6 is 11.6 Å². The first-order valence-corrected chi connectivity index (χ1v) is 5.70. The summed E-state index contributed by atoms with van der Waals surface area (Å²) in [5.41, 5.74) is 6.29. The summed E-state index contributed by atoms with van der Waals surface area (Å²) in [7, 11) is 0. The molecule has 0 atom stereocenters. The lowest BCUT2D eigenvalue weighted by molar-refractivity contribution is 0.632. The first-order chi connectivity index (χ1) is 9.13. The van der Waals surface area contributed by atoms with Gasteiger partial charge in [-0.1, -0.05) is 11.6 Å². The van der Waals surface area contributed by atoms with E-state index in [9.17, 15) is 4.39 Å². The number of nitrogens with one attached hydrogen (secondary N) is 2. The Morgan fingerprint density at radius 1 is 1.32 bits per heavy atom. The standard InChI is InChI=1S/C11H8ClFN6/c12-5-1-2-8(7(13)3-5)16-9-6-4-15-19-10(6)18-11(14)17-9/h1-4H,(H4,14,15,16,17,18,19). The molecule has 0 bridgehead atoms. The SMILES string of the molecule is Nc1nc(Nc2ccc(Cl)cc2F)c2cn[nH]c2n1. The van der Waals surface area contributed by atoms with Crippen molar-refractivity contribution in [2.75, 3.05) is 11.1 Å². The highest BCUT2D eigenvalue weighted by atomic mass is 35.5. The fourth-order valence-corrected chi connectivity index (χ4v) is 1.82. The van der Waals surface area contributed by atoms with Crippen LogP contribution in [-0.4, -0.2) is 20.2 Å². The van der Waals surface area contributed by atoms with Crippen molar-refractivity contribution in [2.24, 2.45) is 0 Å². The highest BCUT2D eigenvalue weighted by molar-refractivity contribution is 6.30. The molecule has 1 aromatic carbocycles. The summed E-state index contributed by atoms with van der Waals surface area (Å²) in [4.78, 5) is 8.00. The number of aromatic nitrogens is 4. The molecule has 0 spiro atoms. The second kappa shape index (κ2) is 4.36. The van der Waals surface area contributed by atoms with Crippen LogP contribution in [0.25, 0.3) is 11.0 Å². The second-order valence-corrected chi connectivity index (χ2v) is 4.25. The van der Waals surface area contributed by atoms with E-state index in [1.54, 1.807) is 6.07 Å². The first kappa shape index (κ1) is 11.7. The summed E-state index contributed by atoms with van der Waals surface area (Å²) >= 11 is 5.69. The molecular formula is C11H8ClFN6. The van der Waals surface area contributed by atoms with Crippen LogP contribution in [0.2, 0.25) is 5.02 Å². The Labute approximate surface area is 111 Å². The van der Waals surface area contributed by atoms with E-state index in [0.29, 0.717) is 21.9 Å². The second-order valence-electron chi connectivity index (χ2n) is 3.81. The molecule has 0 saturated carbocycles. The van der Waals surface area contributed by atoms with Crippen LogP contribution in [0.1, 0.15) is 0 Å². The van der Waals surface area contributed by atoms with E-state index in [2.05, 4.69) is 25.5 Å². The van der Waals surface area contributed by atoms with Crippen molar-refractivity contribution >= 4 is 40.1 Å². The number of fused-ring (bicyclic) bond motifs is 1. The number of nitrogen functional groups attached to an aromatic ring is 1. The van der Waals surface area contributed by atoms with Gasteiger partial charge in [-0.25, -0.2) is 4.39 Å². The van der Waals surface area contributed by atoms with Gasteiger partial charge in [-0.05, 0) is 18.2 Å². The molecular weight excluding hydrogens is 271 g/mol. The number of aromatic amines is 1. The van der Waals surface area contributed by atoms with Gasteiger partial charge in [0, 0.05) is 5.02 Å². The molecule has 19 heavy (non-hydrogen) atoms. The number of nitrogens with two attached hydrogens (primary N) is 1. The van der Waals surface area contributed by atoms with Crippen molar-refractivity contribution in [1.82, 2.24) is 20.2 Å². The molecule has 0 aliphatic carbocycles. The summed E-state index contributed by atoms with van der Waals surface area (Å²) in [5.74, 6) is -0.0487. The minimum Gasteiger partial charge on any atom is -0.368 e. The molecule has 2 aromatic heterocycles. The van der Waals surface area contributed by atoms with Crippen molar-refractivity contribution in [3.8, 4) is 0 Å². The summed E-state index contributed by atoms with van der Waals surface area (Å²) < 4.78 is 13.7. The molecule has 2 heterocycles. The van der Waals surface area contributed by atoms with E-state index in [-0.39, 0.29) is 11.6 Å². The fourth-order valence-electron chi connectivity index (χ4n) is 1.67. The van der Waals surface area contributed by atoms with Crippen LogP contribution < -0.4 is 11.1 Å². The molecule has 0 aliphatic heterocycles. The highest BCUT2D eigenvalue weighted by Crippen LogP contribution is 2.26. The van der Waals surface area contributed by atoms with Crippen molar-refractivity contribution in [3.05, 3.63) is 35.2 Å². The molecule has 3 aromatic rings. The third-order valence-electron chi connectivity index (χ3n) is 2.51. The number of H-pyrrole nitrogens is 1. The number of hydrogen-bond donors (Lipinski definition) is 3. The quantitative estimate of drug-likeness (QED) is 0.670. The maximum atomic E-state index is 13.7. The van der Waals surface area contributed by atoms with E-state index in [4.69, 9.17) is 17.3 Å². The molecule has 0 fully saturated rings. The zero-order valence-electron chi connectivity index (χ0n) is 9.48. The fraction of sp³-hybridized carbons (Fsp3) is 0. The Bertz CT molecular complexity index is 756. The topological polar surface area (TPSA) is 92.5 Å². The van der Waals surface area contributed by atoms with Gasteiger partial charge in [0.2, 0.25) is 5.95 Å². The zero-order chi connectivity index (χ0) is 13.4. The van der Waals surface area contributed by atoms with E-state index in [0.717, 1.165) is 0 Å². The zero-order valence-corrected chi connectivity index (χ0v) is 10.2. The van der Waals surface area contributed by atoms with Crippen molar-refractivity contribution in [1.29, 1.82) is 0 Å². The van der Waals surface area contributed by atoms with Gasteiger partial charge in [0.25, 0.3) is 0 Å². The molecule has 0 amide bonds. The lowest BCUT2D eigenvalue weighted by atomic mass is 10.3. The van der Waals surface area contributed by atoms with Gasteiger partial charge in [-0.15, -0.1) is 0 Å². The van der Waals surface area contributed by atoms with Gasteiger partial charge in [0.05, 0.1) is 17.3 Å². The third kappa shape index (κ3) is 2.15. The minimum absolute atomic E-state index is 0.0635. The van der Waals surface area contributed by atoms with E-state index >= 15 is 0 Å². The van der Waals surface area contributed by atoms with Gasteiger partial charge < -0.3 is 11.1 Å². The van der Waals surface area contributed by atoms with Crippen molar-refractivity contribution in [2.45, 2.75) is 0 Å². The number of rotatable bonds is 2. The van der Waals surface area contributed by atoms with Gasteiger partial charge in [0.1, 0.15) is 11.6 Å². The number of anilines is 3. The van der Waals surface area contributed by atoms with Crippen molar-refractivity contribution in [3.63, 3.8) is 0 Å². The molecule has 0 aliphatic rings. The van der Waals surface area contributed by atoms with E-state index in [1.165, 1.54) is 18.3 Å². The van der Waals surface area contributed by atoms with E-state index < -0.39 is 5.82 Å². The normalized spacial score (nSPS) is 10.8. The van der Waals surface area contributed by atoms with Crippen LogP contribution in [0.4, 0.5) is 21.8 Å². The Morgan fingerprint density at radius 3 is 2.95 bits per heavy atom. The smallest absolute Gasteiger partial charge is 0.224 e. The highest BCUT2D eigenvalue weighted by Gasteiger charge is 2.10. The largest absolute Gasteiger partial charge is 0.368 e. The van der Waals surface area contributed by atoms with Gasteiger partial charge in [-0.2, -0.15) is 15.1 Å². The van der Waals surface area contributed by atoms with Crippen LogP contribution in [-0.2, 0) is 0 Å².